The second kappa shape index (κ2) is 4.37. The van der Waals surface area contributed by atoms with E-state index in [1.54, 1.807) is 0 Å². The molecule has 2 aromatic carbocycles. The van der Waals surface area contributed by atoms with Gasteiger partial charge < -0.3 is 0 Å². The Labute approximate surface area is 103 Å². The maximum absolute atomic E-state index is 2.34. The lowest BCUT2D eigenvalue weighted by molar-refractivity contribution is 0.764. The molecule has 0 heterocycles. The third-order valence-electron chi connectivity index (χ3n) is 3.53. The number of allylic oxidation sites excluding steroid dienone is 1. The topological polar surface area (TPSA) is 0 Å². The van der Waals surface area contributed by atoms with Gasteiger partial charge in [0.1, 0.15) is 0 Å². The van der Waals surface area contributed by atoms with Crippen LogP contribution < -0.4 is 0 Å². The monoisotopic (exact) mass is 221 g/mol. The fraction of sp³-hybridized carbons (Fsp3) is 0.235. The number of hydrogen-bond donors (Lipinski definition) is 0. The fourth-order valence-corrected chi connectivity index (χ4v) is 2.54. The first kappa shape index (κ1) is 10.6. The smallest absolute Gasteiger partial charge is 0.0273 e. The maximum Gasteiger partial charge on any atom is 0.0273 e. The minimum atomic E-state index is 1.21. The minimum absolute atomic E-state index is 1.21. The zero-order valence-corrected chi connectivity index (χ0v) is 10.2. The Morgan fingerprint density at radius 1 is 0.941 bits per heavy atom. The Morgan fingerprint density at radius 2 is 1.71 bits per heavy atom. The molecule has 0 saturated carbocycles. The van der Waals surface area contributed by atoms with Gasteiger partial charge in [-0.05, 0) is 40.5 Å². The van der Waals surface area contributed by atoms with Crippen LogP contribution in [0.15, 0.2) is 42.5 Å². The predicted molar refractivity (Wildman–Crippen MR) is 74.9 cm³/mol. The van der Waals surface area contributed by atoms with E-state index in [1.165, 1.54) is 47.1 Å². The van der Waals surface area contributed by atoms with Crippen molar-refractivity contribution in [2.24, 2.45) is 0 Å². The van der Waals surface area contributed by atoms with E-state index in [0.29, 0.717) is 0 Å². The average Bonchev–Trinajstić information content (AvgIpc) is 2.76. The van der Waals surface area contributed by atoms with Gasteiger partial charge in [0.05, 0.1) is 0 Å². The molecule has 0 spiro atoms. The third-order valence-corrected chi connectivity index (χ3v) is 3.53. The van der Waals surface area contributed by atoms with E-state index in [-0.39, 0.29) is 0 Å². The van der Waals surface area contributed by atoms with Crippen molar-refractivity contribution in [2.45, 2.75) is 26.2 Å². The van der Waals surface area contributed by atoms with Crippen LogP contribution in [0.5, 0.6) is 0 Å². The van der Waals surface area contributed by atoms with Crippen molar-refractivity contribution >= 4 is 16.8 Å². The van der Waals surface area contributed by atoms with E-state index < -0.39 is 0 Å². The first-order chi connectivity index (χ1) is 8.38. The SMILES string of the molecule is CCCC[C]1C=Cc2cc3ccccc3cc21. The quantitative estimate of drug-likeness (QED) is 0.685. The summed E-state index contributed by atoms with van der Waals surface area (Å²) < 4.78 is 0. The third kappa shape index (κ3) is 1.88. The summed E-state index contributed by atoms with van der Waals surface area (Å²) in [5.74, 6) is 1.51. The van der Waals surface area contributed by atoms with Crippen molar-refractivity contribution in [3.8, 4) is 0 Å². The van der Waals surface area contributed by atoms with Crippen molar-refractivity contribution < 1.29 is 0 Å². The van der Waals surface area contributed by atoms with Crippen LogP contribution in [0, 0.1) is 5.92 Å². The molecule has 1 aliphatic rings. The Balaban J connectivity index is 2.02. The first-order valence-electron chi connectivity index (χ1n) is 6.45. The minimum Gasteiger partial charge on any atom is -0.0721 e. The van der Waals surface area contributed by atoms with E-state index in [4.69, 9.17) is 0 Å². The molecule has 0 aliphatic heterocycles. The molecule has 0 atom stereocenters. The van der Waals surface area contributed by atoms with Gasteiger partial charge in [-0.3, -0.25) is 0 Å². The van der Waals surface area contributed by atoms with E-state index in [9.17, 15) is 0 Å². The zero-order chi connectivity index (χ0) is 11.7. The molecule has 0 N–H and O–H groups in total. The standard InChI is InChI=1S/C17H17/c1-2-3-6-13-9-10-16-11-14-7-4-5-8-15(14)12-17(13)16/h4-5,7-12H,2-3,6H2,1H3. The van der Waals surface area contributed by atoms with Gasteiger partial charge in [0.25, 0.3) is 0 Å². The summed E-state index contributed by atoms with van der Waals surface area (Å²) in [6, 6.07) is 13.3. The van der Waals surface area contributed by atoms with Gasteiger partial charge in [0, 0.05) is 5.92 Å². The molecule has 0 amide bonds. The summed E-state index contributed by atoms with van der Waals surface area (Å²) in [6.45, 7) is 2.25. The molecule has 0 saturated heterocycles. The van der Waals surface area contributed by atoms with Crippen molar-refractivity contribution in [3.63, 3.8) is 0 Å². The normalized spacial score (nSPS) is 14.4. The van der Waals surface area contributed by atoms with Gasteiger partial charge >= 0.3 is 0 Å². The molecule has 1 aliphatic carbocycles. The van der Waals surface area contributed by atoms with E-state index >= 15 is 0 Å². The summed E-state index contributed by atoms with van der Waals surface area (Å²) in [7, 11) is 0. The van der Waals surface area contributed by atoms with Gasteiger partial charge in [0.15, 0.2) is 0 Å². The molecule has 0 aromatic heterocycles. The molecule has 0 nitrogen and oxygen atoms in total. The Hall–Kier alpha value is -1.56. The number of fused-ring (bicyclic) bond motifs is 2. The lowest BCUT2D eigenvalue weighted by atomic mass is 9.93. The molecule has 85 valence electrons. The number of rotatable bonds is 3. The van der Waals surface area contributed by atoms with E-state index in [2.05, 4.69) is 55.5 Å². The summed E-state index contributed by atoms with van der Waals surface area (Å²) in [5.41, 5.74) is 2.83. The van der Waals surface area contributed by atoms with Crippen LogP contribution in [-0.4, -0.2) is 0 Å². The van der Waals surface area contributed by atoms with Crippen molar-refractivity contribution in [3.05, 3.63) is 59.5 Å². The van der Waals surface area contributed by atoms with Crippen LogP contribution in [0.25, 0.3) is 16.8 Å². The molecular weight excluding hydrogens is 204 g/mol. The van der Waals surface area contributed by atoms with Crippen molar-refractivity contribution in [1.29, 1.82) is 0 Å². The summed E-state index contributed by atoms with van der Waals surface area (Å²) in [6.07, 6.45) is 8.30. The highest BCUT2D eigenvalue weighted by Gasteiger charge is 2.17. The molecule has 2 aromatic rings. The van der Waals surface area contributed by atoms with Gasteiger partial charge in [-0.2, -0.15) is 0 Å². The molecule has 1 radical (unpaired) electrons. The van der Waals surface area contributed by atoms with Crippen LogP contribution in [0.4, 0.5) is 0 Å². The summed E-state index contributed by atoms with van der Waals surface area (Å²) in [5, 5.41) is 2.69. The fourth-order valence-electron chi connectivity index (χ4n) is 2.54. The molecular formula is C17H17. The average molecular weight is 221 g/mol. The molecule has 0 bridgehead atoms. The van der Waals surface area contributed by atoms with Gasteiger partial charge in [-0.1, -0.05) is 56.2 Å². The maximum atomic E-state index is 2.34. The molecule has 3 rings (SSSR count). The molecule has 0 fully saturated rings. The lowest BCUT2D eigenvalue weighted by Gasteiger charge is -2.10. The summed E-state index contributed by atoms with van der Waals surface area (Å²) in [4.78, 5) is 0. The number of benzene rings is 2. The highest BCUT2D eigenvalue weighted by molar-refractivity contribution is 5.88. The number of hydrogen-bond acceptors (Lipinski definition) is 0. The zero-order valence-electron chi connectivity index (χ0n) is 10.2. The van der Waals surface area contributed by atoms with Crippen molar-refractivity contribution in [2.75, 3.05) is 0 Å². The Bertz CT molecular complexity index is 563. The highest BCUT2D eigenvalue weighted by Crippen LogP contribution is 2.35. The van der Waals surface area contributed by atoms with Crippen LogP contribution in [0.2, 0.25) is 0 Å². The van der Waals surface area contributed by atoms with E-state index in [0.717, 1.165) is 0 Å². The Morgan fingerprint density at radius 3 is 2.47 bits per heavy atom. The summed E-state index contributed by atoms with van der Waals surface area (Å²) >= 11 is 0. The van der Waals surface area contributed by atoms with Crippen LogP contribution in [0.3, 0.4) is 0 Å². The number of unbranched alkanes of at least 4 members (excludes halogenated alkanes) is 1. The van der Waals surface area contributed by atoms with Crippen LogP contribution >= 0.6 is 0 Å². The lowest BCUT2D eigenvalue weighted by Crippen LogP contribution is -1.94. The van der Waals surface area contributed by atoms with E-state index in [1.807, 2.05) is 0 Å². The second-order valence-corrected chi connectivity index (χ2v) is 4.75. The second-order valence-electron chi connectivity index (χ2n) is 4.75. The Kier molecular flexibility index (Phi) is 2.72. The van der Waals surface area contributed by atoms with Gasteiger partial charge in [-0.25, -0.2) is 0 Å². The predicted octanol–water partition coefficient (Wildman–Crippen LogP) is 4.98. The molecule has 17 heavy (non-hydrogen) atoms. The van der Waals surface area contributed by atoms with Gasteiger partial charge in [0.2, 0.25) is 0 Å². The first-order valence-corrected chi connectivity index (χ1v) is 6.45. The molecule has 0 heteroatoms. The van der Waals surface area contributed by atoms with Gasteiger partial charge in [-0.15, -0.1) is 0 Å². The largest absolute Gasteiger partial charge is 0.0721 e. The highest BCUT2D eigenvalue weighted by atomic mass is 14.2. The molecule has 0 unspecified atom stereocenters. The van der Waals surface area contributed by atoms with Crippen molar-refractivity contribution in [1.82, 2.24) is 0 Å². The van der Waals surface area contributed by atoms with Crippen LogP contribution in [-0.2, 0) is 0 Å². The van der Waals surface area contributed by atoms with Crippen LogP contribution in [0.1, 0.15) is 37.3 Å².